The number of hydrogen-bond donors (Lipinski definition) is 1. The van der Waals surface area contributed by atoms with Gasteiger partial charge in [0.15, 0.2) is 0 Å². The molecule has 2 atom stereocenters. The average Bonchev–Trinajstić information content (AvgIpc) is 2.81. The van der Waals surface area contributed by atoms with E-state index in [0.29, 0.717) is 0 Å². The third-order valence-electron chi connectivity index (χ3n) is 2.95. The Morgan fingerprint density at radius 1 is 1.67 bits per heavy atom. The maximum absolute atomic E-state index is 6.12. The van der Waals surface area contributed by atoms with Crippen LogP contribution in [0.1, 0.15) is 18.5 Å². The van der Waals surface area contributed by atoms with Gasteiger partial charge in [-0.2, -0.15) is 0 Å². The first-order valence-corrected chi connectivity index (χ1v) is 5.43. The van der Waals surface area contributed by atoms with E-state index in [1.54, 1.807) is 12.5 Å². The fourth-order valence-electron chi connectivity index (χ4n) is 1.92. The van der Waals surface area contributed by atoms with Crippen molar-refractivity contribution in [2.24, 2.45) is 5.73 Å². The Kier molecular flexibility index (Phi) is 3.41. The molecule has 1 aliphatic heterocycles. The highest BCUT2D eigenvalue weighted by molar-refractivity contribution is 5.13. The van der Waals surface area contributed by atoms with E-state index in [1.165, 1.54) is 0 Å². The first-order valence-electron chi connectivity index (χ1n) is 5.43. The largest absolute Gasteiger partial charge is 0.472 e. The quantitative estimate of drug-likeness (QED) is 0.808. The summed E-state index contributed by atoms with van der Waals surface area (Å²) in [5, 5.41) is 0. The third kappa shape index (κ3) is 2.40. The van der Waals surface area contributed by atoms with Crippen LogP contribution in [-0.4, -0.2) is 37.2 Å². The van der Waals surface area contributed by atoms with Crippen LogP contribution < -0.4 is 5.73 Å². The molecule has 4 heteroatoms. The predicted octanol–water partition coefficient (Wildman–Crippen LogP) is 1.00. The number of furan rings is 1. The molecular formula is C11H18N2O2. The zero-order valence-electron chi connectivity index (χ0n) is 9.06. The van der Waals surface area contributed by atoms with Gasteiger partial charge >= 0.3 is 0 Å². The second kappa shape index (κ2) is 4.79. The Labute approximate surface area is 90.0 Å². The molecule has 2 unspecified atom stereocenters. The molecule has 2 heterocycles. The number of morpholine rings is 1. The molecule has 2 rings (SSSR count). The minimum absolute atomic E-state index is 0.0799. The molecule has 0 saturated carbocycles. The monoisotopic (exact) mass is 210 g/mol. The summed E-state index contributed by atoms with van der Waals surface area (Å²) in [5.74, 6) is 0. The zero-order chi connectivity index (χ0) is 10.7. The van der Waals surface area contributed by atoms with Crippen LogP contribution in [0.25, 0.3) is 0 Å². The van der Waals surface area contributed by atoms with Crippen LogP contribution in [0.15, 0.2) is 23.0 Å². The van der Waals surface area contributed by atoms with Gasteiger partial charge in [-0.1, -0.05) is 6.92 Å². The lowest BCUT2D eigenvalue weighted by atomic mass is 10.0. The van der Waals surface area contributed by atoms with E-state index in [1.807, 2.05) is 6.07 Å². The van der Waals surface area contributed by atoms with Gasteiger partial charge in [-0.05, 0) is 12.6 Å². The molecule has 0 radical (unpaired) electrons. The zero-order valence-corrected chi connectivity index (χ0v) is 9.06. The van der Waals surface area contributed by atoms with E-state index in [2.05, 4.69) is 11.8 Å². The van der Waals surface area contributed by atoms with Crippen molar-refractivity contribution in [2.45, 2.75) is 19.1 Å². The second-order valence-electron chi connectivity index (χ2n) is 3.88. The Morgan fingerprint density at radius 2 is 2.53 bits per heavy atom. The molecule has 0 bridgehead atoms. The van der Waals surface area contributed by atoms with Crippen molar-refractivity contribution in [2.75, 3.05) is 26.2 Å². The fraction of sp³-hybridized carbons (Fsp3) is 0.636. The highest BCUT2D eigenvalue weighted by Crippen LogP contribution is 2.20. The van der Waals surface area contributed by atoms with Crippen LogP contribution in [0, 0.1) is 0 Å². The molecule has 1 saturated heterocycles. The number of likely N-dealkylation sites (N-methyl/N-ethyl adjacent to an activating group) is 1. The molecule has 0 aliphatic carbocycles. The van der Waals surface area contributed by atoms with Crippen molar-refractivity contribution in [3.05, 3.63) is 24.2 Å². The first kappa shape index (κ1) is 10.7. The summed E-state index contributed by atoms with van der Waals surface area (Å²) in [6.45, 7) is 5.89. The van der Waals surface area contributed by atoms with Gasteiger partial charge in [0, 0.05) is 18.7 Å². The van der Waals surface area contributed by atoms with E-state index in [-0.39, 0.29) is 12.1 Å². The highest BCUT2D eigenvalue weighted by Gasteiger charge is 2.26. The Bertz CT molecular complexity index is 287. The standard InChI is InChI=1S/C11H18N2O2/c1-2-13-4-6-15-10(7-13)11(12)9-3-5-14-8-9/h3,5,8,10-11H,2,4,6-7,12H2,1H3. The molecular weight excluding hydrogens is 192 g/mol. The molecule has 0 spiro atoms. The molecule has 15 heavy (non-hydrogen) atoms. The van der Waals surface area contributed by atoms with E-state index in [9.17, 15) is 0 Å². The Balaban J connectivity index is 1.98. The number of rotatable bonds is 3. The van der Waals surface area contributed by atoms with Gasteiger partial charge in [0.25, 0.3) is 0 Å². The van der Waals surface area contributed by atoms with Gasteiger partial charge in [-0.15, -0.1) is 0 Å². The minimum Gasteiger partial charge on any atom is -0.472 e. The van der Waals surface area contributed by atoms with Crippen LogP contribution in [-0.2, 0) is 4.74 Å². The van der Waals surface area contributed by atoms with Crippen molar-refractivity contribution in [3.8, 4) is 0 Å². The third-order valence-corrected chi connectivity index (χ3v) is 2.95. The van der Waals surface area contributed by atoms with Crippen molar-refractivity contribution in [1.29, 1.82) is 0 Å². The van der Waals surface area contributed by atoms with Gasteiger partial charge in [0.1, 0.15) is 0 Å². The maximum atomic E-state index is 6.12. The maximum Gasteiger partial charge on any atom is 0.0951 e. The van der Waals surface area contributed by atoms with E-state index < -0.39 is 0 Å². The van der Waals surface area contributed by atoms with Crippen molar-refractivity contribution < 1.29 is 9.15 Å². The second-order valence-corrected chi connectivity index (χ2v) is 3.88. The van der Waals surface area contributed by atoms with Crippen LogP contribution in [0.3, 0.4) is 0 Å². The molecule has 1 aromatic rings. The van der Waals surface area contributed by atoms with E-state index in [4.69, 9.17) is 14.9 Å². The summed E-state index contributed by atoms with van der Waals surface area (Å²) < 4.78 is 10.7. The lowest BCUT2D eigenvalue weighted by Crippen LogP contribution is -2.46. The molecule has 4 nitrogen and oxygen atoms in total. The van der Waals surface area contributed by atoms with Crippen molar-refractivity contribution in [1.82, 2.24) is 4.90 Å². The summed E-state index contributed by atoms with van der Waals surface area (Å²) in [7, 11) is 0. The SMILES string of the molecule is CCN1CCOC(C(N)c2ccoc2)C1. The lowest BCUT2D eigenvalue weighted by molar-refractivity contribution is -0.0393. The first-order chi connectivity index (χ1) is 7.31. The van der Waals surface area contributed by atoms with Gasteiger partial charge < -0.3 is 14.9 Å². The fourth-order valence-corrected chi connectivity index (χ4v) is 1.92. The Morgan fingerprint density at radius 3 is 3.20 bits per heavy atom. The normalized spacial score (nSPS) is 25.3. The molecule has 0 aromatic carbocycles. The van der Waals surface area contributed by atoms with Crippen LogP contribution in [0.2, 0.25) is 0 Å². The smallest absolute Gasteiger partial charge is 0.0951 e. The summed E-state index contributed by atoms with van der Waals surface area (Å²) >= 11 is 0. The topological polar surface area (TPSA) is 51.6 Å². The van der Waals surface area contributed by atoms with Gasteiger partial charge in [0.05, 0.1) is 31.3 Å². The van der Waals surface area contributed by atoms with Gasteiger partial charge in [-0.25, -0.2) is 0 Å². The van der Waals surface area contributed by atoms with Crippen LogP contribution in [0.4, 0.5) is 0 Å². The van der Waals surface area contributed by atoms with E-state index in [0.717, 1.165) is 31.8 Å². The minimum atomic E-state index is -0.0851. The van der Waals surface area contributed by atoms with E-state index >= 15 is 0 Å². The molecule has 1 fully saturated rings. The Hall–Kier alpha value is -0.840. The summed E-state index contributed by atoms with van der Waals surface area (Å²) in [6, 6.07) is 1.82. The summed E-state index contributed by atoms with van der Waals surface area (Å²) in [4.78, 5) is 2.36. The van der Waals surface area contributed by atoms with Gasteiger partial charge in [-0.3, -0.25) is 4.90 Å². The summed E-state index contributed by atoms with van der Waals surface area (Å²) in [6.07, 6.45) is 3.42. The molecule has 84 valence electrons. The highest BCUT2D eigenvalue weighted by atomic mass is 16.5. The van der Waals surface area contributed by atoms with Crippen molar-refractivity contribution >= 4 is 0 Å². The lowest BCUT2D eigenvalue weighted by Gasteiger charge is -2.34. The molecule has 0 amide bonds. The molecule has 1 aromatic heterocycles. The summed E-state index contributed by atoms with van der Waals surface area (Å²) in [5.41, 5.74) is 7.13. The molecule has 1 aliphatic rings. The van der Waals surface area contributed by atoms with Crippen LogP contribution >= 0.6 is 0 Å². The molecule has 2 N–H and O–H groups in total. The average molecular weight is 210 g/mol. The van der Waals surface area contributed by atoms with Crippen LogP contribution in [0.5, 0.6) is 0 Å². The predicted molar refractivity (Wildman–Crippen MR) is 57.5 cm³/mol. The number of nitrogens with zero attached hydrogens (tertiary/aromatic N) is 1. The van der Waals surface area contributed by atoms with Crippen molar-refractivity contribution in [3.63, 3.8) is 0 Å². The number of hydrogen-bond acceptors (Lipinski definition) is 4. The number of nitrogens with two attached hydrogens (primary N) is 1. The van der Waals surface area contributed by atoms with Gasteiger partial charge in [0.2, 0.25) is 0 Å². The number of ether oxygens (including phenoxy) is 1.